The van der Waals surface area contributed by atoms with Crippen molar-refractivity contribution in [3.8, 4) is 0 Å². The number of amides is 1. The molecule has 128 valence electrons. The highest BCUT2D eigenvalue weighted by Gasteiger charge is 2.17. The Bertz CT molecular complexity index is 692. The first kappa shape index (κ1) is 16.9. The Morgan fingerprint density at radius 1 is 1.25 bits per heavy atom. The van der Waals surface area contributed by atoms with Crippen LogP contribution < -0.4 is 10.2 Å². The minimum atomic E-state index is -0.0148. The maximum absolute atomic E-state index is 12.0. The van der Waals surface area contributed by atoms with Crippen molar-refractivity contribution in [1.82, 2.24) is 15.2 Å². The molecule has 0 radical (unpaired) electrons. The number of piperazine rings is 1. The Morgan fingerprint density at radius 3 is 2.71 bits per heavy atom. The van der Waals surface area contributed by atoms with Gasteiger partial charge in [0, 0.05) is 45.0 Å². The Labute approximate surface area is 147 Å². The summed E-state index contributed by atoms with van der Waals surface area (Å²) in [7, 11) is 0. The molecule has 24 heavy (non-hydrogen) atoms. The molecule has 5 nitrogen and oxygen atoms in total. The third kappa shape index (κ3) is 4.33. The van der Waals surface area contributed by atoms with Gasteiger partial charge in [0.25, 0.3) is 5.91 Å². The second-order valence-corrected chi connectivity index (χ2v) is 7.40. The van der Waals surface area contributed by atoms with Crippen molar-refractivity contribution in [2.75, 3.05) is 44.2 Å². The van der Waals surface area contributed by atoms with Crippen LogP contribution in [-0.2, 0) is 0 Å². The summed E-state index contributed by atoms with van der Waals surface area (Å²) in [5.74, 6) is -0.0148. The Kier molecular flexibility index (Phi) is 5.48. The lowest BCUT2D eigenvalue weighted by Gasteiger charge is -2.36. The van der Waals surface area contributed by atoms with Crippen molar-refractivity contribution in [2.45, 2.75) is 13.8 Å². The van der Waals surface area contributed by atoms with Gasteiger partial charge in [-0.05, 0) is 31.5 Å². The van der Waals surface area contributed by atoms with Crippen LogP contribution >= 0.6 is 11.3 Å². The van der Waals surface area contributed by atoms with E-state index in [-0.39, 0.29) is 5.91 Å². The Hall–Kier alpha value is -1.92. The second-order valence-electron chi connectivity index (χ2n) is 6.17. The summed E-state index contributed by atoms with van der Waals surface area (Å²) >= 11 is 1.44. The van der Waals surface area contributed by atoms with Gasteiger partial charge in [-0.15, -0.1) is 11.3 Å². The van der Waals surface area contributed by atoms with E-state index in [1.54, 1.807) is 6.20 Å². The smallest absolute Gasteiger partial charge is 0.263 e. The van der Waals surface area contributed by atoms with E-state index in [0.717, 1.165) is 37.7 Å². The largest absolute Gasteiger partial charge is 0.369 e. The highest BCUT2D eigenvalue weighted by Crippen LogP contribution is 2.17. The molecule has 3 rings (SSSR count). The van der Waals surface area contributed by atoms with Crippen LogP contribution in [0.15, 0.2) is 30.5 Å². The van der Waals surface area contributed by atoms with Gasteiger partial charge in [0.1, 0.15) is 4.88 Å². The lowest BCUT2D eigenvalue weighted by atomic mass is 10.2. The fraction of sp³-hybridized carbons (Fsp3) is 0.444. The van der Waals surface area contributed by atoms with Gasteiger partial charge in [-0.3, -0.25) is 9.69 Å². The number of aryl methyl sites for hydroxylation is 2. The molecule has 0 unspecified atom stereocenters. The molecule has 6 heteroatoms. The SMILES string of the molecule is Cc1cccc(N2CCN(CCNC(=O)c3cnc(C)s3)CC2)c1. The number of aromatic nitrogens is 1. The first-order valence-corrected chi connectivity index (χ1v) is 9.18. The van der Waals surface area contributed by atoms with Crippen LogP contribution in [0.25, 0.3) is 0 Å². The number of thiazole rings is 1. The molecule has 1 aromatic heterocycles. The first-order valence-electron chi connectivity index (χ1n) is 8.36. The molecule has 2 heterocycles. The molecule has 0 spiro atoms. The van der Waals surface area contributed by atoms with Crippen LogP contribution in [0.3, 0.4) is 0 Å². The zero-order valence-electron chi connectivity index (χ0n) is 14.3. The molecule has 0 aliphatic carbocycles. The molecule has 1 aliphatic heterocycles. The molecule has 0 bridgehead atoms. The fourth-order valence-corrected chi connectivity index (χ4v) is 3.63. The van der Waals surface area contributed by atoms with Crippen molar-refractivity contribution >= 4 is 22.9 Å². The van der Waals surface area contributed by atoms with E-state index in [1.807, 2.05) is 6.92 Å². The van der Waals surface area contributed by atoms with Gasteiger partial charge < -0.3 is 10.2 Å². The van der Waals surface area contributed by atoms with E-state index in [4.69, 9.17) is 0 Å². The minimum absolute atomic E-state index is 0.0148. The normalized spacial score (nSPS) is 15.5. The van der Waals surface area contributed by atoms with Gasteiger partial charge in [-0.2, -0.15) is 0 Å². The minimum Gasteiger partial charge on any atom is -0.369 e. The highest BCUT2D eigenvalue weighted by atomic mass is 32.1. The van der Waals surface area contributed by atoms with E-state index in [1.165, 1.54) is 22.6 Å². The monoisotopic (exact) mass is 344 g/mol. The van der Waals surface area contributed by atoms with E-state index in [0.29, 0.717) is 11.4 Å². The zero-order chi connectivity index (χ0) is 16.9. The summed E-state index contributed by atoms with van der Waals surface area (Å²) in [6.45, 7) is 9.75. The number of hydrogen-bond donors (Lipinski definition) is 1. The van der Waals surface area contributed by atoms with Gasteiger partial charge in [-0.1, -0.05) is 12.1 Å². The summed E-state index contributed by atoms with van der Waals surface area (Å²) < 4.78 is 0. The van der Waals surface area contributed by atoms with Crippen molar-refractivity contribution in [3.05, 3.63) is 45.9 Å². The van der Waals surface area contributed by atoms with Crippen molar-refractivity contribution in [2.24, 2.45) is 0 Å². The van der Waals surface area contributed by atoms with Crippen molar-refractivity contribution in [3.63, 3.8) is 0 Å². The third-order valence-corrected chi connectivity index (χ3v) is 5.21. The maximum Gasteiger partial charge on any atom is 0.263 e. The fourth-order valence-electron chi connectivity index (χ4n) is 2.94. The molecule has 0 atom stereocenters. The molecule has 1 aromatic carbocycles. The Morgan fingerprint density at radius 2 is 2.04 bits per heavy atom. The van der Waals surface area contributed by atoms with Crippen LogP contribution in [0, 0.1) is 13.8 Å². The van der Waals surface area contributed by atoms with E-state index in [2.05, 4.69) is 51.3 Å². The standard InChI is InChI=1S/C18H24N4OS/c1-14-4-3-5-16(12-14)22-10-8-21(9-11-22)7-6-19-18(23)17-13-20-15(2)24-17/h3-5,12-13H,6-11H2,1-2H3,(H,19,23). The maximum atomic E-state index is 12.0. The number of hydrogen-bond acceptors (Lipinski definition) is 5. The summed E-state index contributed by atoms with van der Waals surface area (Å²) in [5.41, 5.74) is 2.61. The summed E-state index contributed by atoms with van der Waals surface area (Å²) in [4.78, 5) is 21.7. The molecule has 1 saturated heterocycles. The number of rotatable bonds is 5. The number of nitrogens with zero attached hydrogens (tertiary/aromatic N) is 3. The number of carbonyl (C=O) groups excluding carboxylic acids is 1. The molecule has 1 fully saturated rings. The average molecular weight is 344 g/mol. The van der Waals surface area contributed by atoms with E-state index >= 15 is 0 Å². The summed E-state index contributed by atoms with van der Waals surface area (Å²) in [6, 6.07) is 8.67. The van der Waals surface area contributed by atoms with Crippen LogP contribution in [-0.4, -0.2) is 55.1 Å². The van der Waals surface area contributed by atoms with Crippen LogP contribution in [0.4, 0.5) is 5.69 Å². The first-order chi connectivity index (χ1) is 11.6. The highest BCUT2D eigenvalue weighted by molar-refractivity contribution is 7.13. The lowest BCUT2D eigenvalue weighted by molar-refractivity contribution is 0.0951. The van der Waals surface area contributed by atoms with Crippen LogP contribution in [0.2, 0.25) is 0 Å². The predicted molar refractivity (Wildman–Crippen MR) is 99.0 cm³/mol. The van der Waals surface area contributed by atoms with Crippen molar-refractivity contribution in [1.29, 1.82) is 0 Å². The zero-order valence-corrected chi connectivity index (χ0v) is 15.1. The quantitative estimate of drug-likeness (QED) is 0.904. The molecule has 1 N–H and O–H groups in total. The van der Waals surface area contributed by atoms with Gasteiger partial charge in [0.05, 0.1) is 11.2 Å². The third-order valence-electron chi connectivity index (χ3n) is 4.30. The molecular formula is C18H24N4OS. The Balaban J connectivity index is 1.40. The lowest BCUT2D eigenvalue weighted by Crippen LogP contribution is -2.48. The summed E-state index contributed by atoms with van der Waals surface area (Å²) in [5, 5.41) is 3.91. The molecule has 1 aliphatic rings. The van der Waals surface area contributed by atoms with E-state index < -0.39 is 0 Å². The molecular weight excluding hydrogens is 320 g/mol. The van der Waals surface area contributed by atoms with Gasteiger partial charge in [0.2, 0.25) is 0 Å². The van der Waals surface area contributed by atoms with Crippen LogP contribution in [0.5, 0.6) is 0 Å². The van der Waals surface area contributed by atoms with Gasteiger partial charge in [-0.25, -0.2) is 4.98 Å². The average Bonchev–Trinajstić information content (AvgIpc) is 3.02. The number of nitrogens with one attached hydrogen (secondary N) is 1. The van der Waals surface area contributed by atoms with E-state index in [9.17, 15) is 4.79 Å². The molecule has 1 amide bonds. The molecule has 2 aromatic rings. The number of carbonyl (C=O) groups is 1. The summed E-state index contributed by atoms with van der Waals surface area (Å²) in [6.07, 6.45) is 1.65. The second kappa shape index (κ2) is 7.77. The number of benzene rings is 1. The number of anilines is 1. The predicted octanol–water partition coefficient (Wildman–Crippen LogP) is 2.31. The van der Waals surface area contributed by atoms with Crippen LogP contribution in [0.1, 0.15) is 20.2 Å². The van der Waals surface area contributed by atoms with Gasteiger partial charge >= 0.3 is 0 Å². The van der Waals surface area contributed by atoms with Crippen molar-refractivity contribution < 1.29 is 4.79 Å². The molecule has 0 saturated carbocycles. The topological polar surface area (TPSA) is 48.5 Å². The van der Waals surface area contributed by atoms with Gasteiger partial charge in [0.15, 0.2) is 0 Å².